The van der Waals surface area contributed by atoms with Crippen molar-refractivity contribution in [2.24, 2.45) is 15.9 Å². The van der Waals surface area contributed by atoms with Gasteiger partial charge in [-0.2, -0.15) is 0 Å². The van der Waals surface area contributed by atoms with Gasteiger partial charge < -0.3 is 30.1 Å². The Morgan fingerprint density at radius 2 is 1.88 bits per heavy atom. The first-order chi connectivity index (χ1) is 24.8. The van der Waals surface area contributed by atoms with Gasteiger partial charge in [0.15, 0.2) is 0 Å². The van der Waals surface area contributed by atoms with Crippen LogP contribution in [0.1, 0.15) is 34.3 Å². The van der Waals surface area contributed by atoms with Crippen LogP contribution in [0.15, 0.2) is 94.6 Å². The highest BCUT2D eigenvalue weighted by Gasteiger charge is 2.22. The third-order valence-corrected chi connectivity index (χ3v) is 8.65. The number of aliphatic hydroxyl groups excluding tert-OH is 1. The smallest absolute Gasteiger partial charge is 0.150 e. The third kappa shape index (κ3) is 15.3. The molecule has 51 heavy (non-hydrogen) atoms. The van der Waals surface area contributed by atoms with Crippen LogP contribution in [0.3, 0.4) is 0 Å². The molecule has 4 rings (SSSR count). The summed E-state index contributed by atoms with van der Waals surface area (Å²) in [5, 5.41) is 19.5. The quantitative estimate of drug-likeness (QED) is 0.0788. The summed E-state index contributed by atoms with van der Waals surface area (Å²) in [6.45, 7) is 13.3. The van der Waals surface area contributed by atoms with E-state index in [1.165, 1.54) is 11.6 Å². The number of likely N-dealkylation sites (N-methyl/N-ethyl adjacent to an activating group) is 1. The van der Waals surface area contributed by atoms with E-state index in [9.17, 15) is 9.18 Å². The number of aldehydes is 1. The standard InChI is InChI=1S/C30H36ClFN4O2.C9H13NO.CH4O/c1-33-28(7-5-4-6-24-9-10-26(31)21-27(24)32)25-12-14-35(15-13-25)16-17-36(18-19-38-3)30-11-8-23(22-37)20-29(30)34-2;1-10-6-5-8-3-2-4-9(11)7-8;1-2/h4-5,7-11,20-22,25H,1-2,6,12-19H2,3H3;2-4,7,10-11H,5-6H2,1H3;2H,1H3/b5-4-,28-7-;;. The Morgan fingerprint density at radius 1 is 1.12 bits per heavy atom. The highest BCUT2D eigenvalue weighted by molar-refractivity contribution is 6.30. The number of methoxy groups -OCH3 is 1. The molecule has 11 heteroatoms. The van der Waals surface area contributed by atoms with Crippen LogP contribution in [0.4, 0.5) is 15.8 Å². The van der Waals surface area contributed by atoms with Gasteiger partial charge in [-0.15, -0.1) is 0 Å². The molecule has 1 aliphatic heterocycles. The number of aliphatic imine (C=N–C) groups is 2. The molecule has 3 aromatic carbocycles. The van der Waals surface area contributed by atoms with Crippen molar-refractivity contribution < 1.29 is 24.1 Å². The summed E-state index contributed by atoms with van der Waals surface area (Å²) < 4.78 is 19.3. The van der Waals surface area contributed by atoms with E-state index >= 15 is 0 Å². The number of benzene rings is 3. The maximum absolute atomic E-state index is 14.0. The minimum atomic E-state index is -0.295. The van der Waals surface area contributed by atoms with E-state index in [1.54, 1.807) is 43.5 Å². The Labute approximate surface area is 307 Å². The molecular formula is C40H53ClFN5O4. The minimum Gasteiger partial charge on any atom is -0.508 e. The van der Waals surface area contributed by atoms with Crippen LogP contribution in [-0.4, -0.2) is 102 Å². The molecule has 0 unspecified atom stereocenters. The van der Waals surface area contributed by atoms with Gasteiger partial charge in [-0.3, -0.25) is 14.8 Å². The monoisotopic (exact) mass is 721 g/mol. The number of piperidine rings is 1. The minimum absolute atomic E-state index is 0.295. The average Bonchev–Trinajstić information content (AvgIpc) is 3.16. The molecular weight excluding hydrogens is 669 g/mol. The van der Waals surface area contributed by atoms with Gasteiger partial charge in [-0.1, -0.05) is 42.0 Å². The number of carbonyl (C=O) groups excluding carboxylic acids is 1. The fraction of sp³-hybridized carbons (Fsp3) is 0.375. The Morgan fingerprint density at radius 3 is 2.51 bits per heavy atom. The van der Waals surface area contributed by atoms with Crippen LogP contribution >= 0.6 is 11.6 Å². The highest BCUT2D eigenvalue weighted by atomic mass is 35.5. The number of phenolic OH excluding ortho intramolecular Hbond substituents is 1. The third-order valence-electron chi connectivity index (χ3n) is 8.42. The molecule has 9 nitrogen and oxygen atoms in total. The number of nitrogens with one attached hydrogen (secondary N) is 1. The molecule has 3 N–H and O–H groups in total. The zero-order valence-corrected chi connectivity index (χ0v) is 30.9. The van der Waals surface area contributed by atoms with Crippen molar-refractivity contribution in [1.29, 1.82) is 0 Å². The second-order valence-electron chi connectivity index (χ2n) is 11.8. The Bertz CT molecular complexity index is 1560. The summed E-state index contributed by atoms with van der Waals surface area (Å²) in [5.41, 5.74) is 4.97. The first-order valence-electron chi connectivity index (χ1n) is 17.0. The molecule has 0 bridgehead atoms. The molecule has 0 aliphatic carbocycles. The lowest BCUT2D eigenvalue weighted by molar-refractivity contribution is 0.112. The molecule has 1 aliphatic rings. The van der Waals surface area contributed by atoms with Crippen LogP contribution in [-0.2, 0) is 17.6 Å². The van der Waals surface area contributed by atoms with Gasteiger partial charge in [-0.25, -0.2) is 4.39 Å². The number of aromatic hydroxyl groups is 1. The van der Waals surface area contributed by atoms with E-state index in [0.717, 1.165) is 83.3 Å². The lowest BCUT2D eigenvalue weighted by Gasteiger charge is -2.34. The number of rotatable bonds is 17. The van der Waals surface area contributed by atoms with Crippen LogP contribution < -0.4 is 10.2 Å². The molecule has 0 amide bonds. The van der Waals surface area contributed by atoms with Crippen molar-refractivity contribution in [2.45, 2.75) is 25.7 Å². The lowest BCUT2D eigenvalue weighted by atomic mass is 9.93. The van der Waals surface area contributed by atoms with Crippen molar-refractivity contribution in [2.75, 3.05) is 72.0 Å². The number of carbonyl (C=O) groups is 1. The fourth-order valence-corrected chi connectivity index (χ4v) is 5.78. The molecule has 3 aromatic rings. The molecule has 1 heterocycles. The molecule has 1 saturated heterocycles. The number of allylic oxidation sites excluding steroid dienone is 4. The topological polar surface area (TPSA) is 110 Å². The van der Waals surface area contributed by atoms with Gasteiger partial charge >= 0.3 is 0 Å². The number of hydrogen-bond donors (Lipinski definition) is 3. The number of phenols is 1. The normalized spacial score (nSPS) is 13.5. The number of hydrogen-bond acceptors (Lipinski definition) is 9. The SMILES string of the molecule is C=N/C(=C\C=C/Cc1ccc(Cl)cc1F)C1CCN(CCN(CCOC)c2ccc(C=O)cc2N=C)CC1.CNCCc1cccc(O)c1.CO. The Balaban J connectivity index is 0.000000585. The maximum atomic E-state index is 14.0. The molecule has 0 atom stereocenters. The summed E-state index contributed by atoms with van der Waals surface area (Å²) in [6.07, 6.45) is 10.1. The predicted molar refractivity (Wildman–Crippen MR) is 210 cm³/mol. The van der Waals surface area contributed by atoms with E-state index in [4.69, 9.17) is 26.6 Å². The van der Waals surface area contributed by atoms with Gasteiger partial charge in [0, 0.05) is 56.1 Å². The van der Waals surface area contributed by atoms with Crippen molar-refractivity contribution in [1.82, 2.24) is 10.2 Å². The number of aliphatic hydroxyl groups is 1. The second kappa shape index (κ2) is 24.9. The number of halogens is 2. The van der Waals surface area contributed by atoms with E-state index in [1.807, 2.05) is 43.5 Å². The highest BCUT2D eigenvalue weighted by Crippen LogP contribution is 2.30. The average molecular weight is 722 g/mol. The van der Waals surface area contributed by atoms with E-state index in [2.05, 4.69) is 38.5 Å². The van der Waals surface area contributed by atoms with E-state index in [0.29, 0.717) is 46.5 Å². The number of anilines is 1. The number of ether oxygens (including phenoxy) is 1. The van der Waals surface area contributed by atoms with Gasteiger partial charge in [0.25, 0.3) is 0 Å². The van der Waals surface area contributed by atoms with Gasteiger partial charge in [0.2, 0.25) is 0 Å². The van der Waals surface area contributed by atoms with Crippen molar-refractivity contribution >= 4 is 42.7 Å². The molecule has 0 saturated carbocycles. The van der Waals surface area contributed by atoms with Crippen LogP contribution in [0.25, 0.3) is 0 Å². The summed E-state index contributed by atoms with van der Waals surface area (Å²) in [4.78, 5) is 24.3. The summed E-state index contributed by atoms with van der Waals surface area (Å²) in [5.74, 6) is 0.396. The predicted octanol–water partition coefficient (Wildman–Crippen LogP) is 6.93. The van der Waals surface area contributed by atoms with Crippen LogP contribution in [0.5, 0.6) is 5.75 Å². The maximum Gasteiger partial charge on any atom is 0.150 e. The van der Waals surface area contributed by atoms with Gasteiger partial charge in [0.1, 0.15) is 17.9 Å². The molecule has 1 fully saturated rings. The fourth-order valence-electron chi connectivity index (χ4n) is 5.62. The van der Waals surface area contributed by atoms with Crippen LogP contribution in [0.2, 0.25) is 5.02 Å². The van der Waals surface area contributed by atoms with Crippen LogP contribution in [0, 0.1) is 11.7 Å². The van der Waals surface area contributed by atoms with E-state index < -0.39 is 0 Å². The number of nitrogens with zero attached hydrogens (tertiary/aromatic N) is 4. The van der Waals surface area contributed by atoms with Gasteiger partial charge in [-0.05, 0) is 125 Å². The van der Waals surface area contributed by atoms with E-state index in [-0.39, 0.29) is 5.82 Å². The first kappa shape index (κ1) is 43.0. The van der Waals surface area contributed by atoms with Gasteiger partial charge in [0.05, 0.1) is 18.0 Å². The zero-order chi connectivity index (χ0) is 37.4. The summed E-state index contributed by atoms with van der Waals surface area (Å²) >= 11 is 5.83. The van der Waals surface area contributed by atoms with Crippen molar-refractivity contribution in [3.8, 4) is 5.75 Å². The largest absolute Gasteiger partial charge is 0.508 e. The second-order valence-corrected chi connectivity index (χ2v) is 12.2. The lowest BCUT2D eigenvalue weighted by Crippen LogP contribution is -2.41. The Hall–Kier alpha value is -4.19. The first-order valence-corrected chi connectivity index (χ1v) is 17.4. The molecule has 276 valence electrons. The summed E-state index contributed by atoms with van der Waals surface area (Å²) in [7, 11) is 4.61. The zero-order valence-electron chi connectivity index (χ0n) is 30.1. The molecule has 0 aromatic heterocycles. The van der Waals surface area contributed by atoms with Crippen molar-refractivity contribution in [3.63, 3.8) is 0 Å². The molecule has 0 spiro atoms. The number of likely N-dealkylation sites (tertiary alicyclic amines) is 1. The van der Waals surface area contributed by atoms with Crippen molar-refractivity contribution in [3.05, 3.63) is 112 Å². The summed E-state index contributed by atoms with van der Waals surface area (Å²) in [6, 6.07) is 17.6. The Kier molecular flexibility index (Phi) is 21.0. The molecule has 0 radical (unpaired) electrons.